The minimum atomic E-state index is -1.14. The number of carbonyl (C=O) groups is 3. The van der Waals surface area contributed by atoms with Crippen LogP contribution in [0.2, 0.25) is 0 Å². The molecule has 4 atom stereocenters. The highest BCUT2D eigenvalue weighted by Crippen LogP contribution is 2.30. The van der Waals surface area contributed by atoms with Crippen LogP contribution in [-0.4, -0.2) is 62.9 Å². The number of aliphatic hydroxyl groups is 1. The molecule has 1 fully saturated rings. The first-order valence-electron chi connectivity index (χ1n) is 10.6. The van der Waals surface area contributed by atoms with Gasteiger partial charge in [0.15, 0.2) is 24.5 Å². The maximum atomic E-state index is 11.8. The third-order valence-electron chi connectivity index (χ3n) is 4.84. The minimum Gasteiger partial charge on any atom is -0.456 e. The number of aliphatic hydroxyl groups excluding tert-OH is 1. The van der Waals surface area contributed by atoms with Gasteiger partial charge in [-0.05, 0) is 11.1 Å². The quantitative estimate of drug-likeness (QED) is 0.404. The molecule has 0 unspecified atom stereocenters. The summed E-state index contributed by atoms with van der Waals surface area (Å²) in [6.07, 6.45) is -2.64. The van der Waals surface area contributed by atoms with Crippen molar-refractivity contribution >= 4 is 17.9 Å². The number of nitrogens with zero attached hydrogens (tertiary/aromatic N) is 3. The van der Waals surface area contributed by atoms with Crippen LogP contribution in [0.3, 0.4) is 0 Å². The highest BCUT2D eigenvalue weighted by molar-refractivity contribution is 5.68. The third-order valence-corrected chi connectivity index (χ3v) is 4.84. The van der Waals surface area contributed by atoms with E-state index in [1.165, 1.54) is 25.5 Å². The van der Waals surface area contributed by atoms with Crippen molar-refractivity contribution in [2.45, 2.75) is 65.1 Å². The smallest absolute Gasteiger partial charge is 0.303 e. The number of ether oxygens (including phenoxy) is 5. The van der Waals surface area contributed by atoms with E-state index in [1.807, 2.05) is 24.3 Å². The molecule has 2 aromatic rings. The molecule has 12 heteroatoms. The van der Waals surface area contributed by atoms with Gasteiger partial charge in [-0.1, -0.05) is 29.5 Å². The number of hydrogen-bond donors (Lipinski definition) is 1. The second-order valence-corrected chi connectivity index (χ2v) is 7.68. The number of benzene rings is 1. The lowest BCUT2D eigenvalue weighted by Gasteiger charge is -2.40. The van der Waals surface area contributed by atoms with Gasteiger partial charge < -0.3 is 28.8 Å². The van der Waals surface area contributed by atoms with Gasteiger partial charge in [0.25, 0.3) is 0 Å². The van der Waals surface area contributed by atoms with Gasteiger partial charge in [-0.3, -0.25) is 14.4 Å². The Labute approximate surface area is 195 Å². The van der Waals surface area contributed by atoms with E-state index in [0.717, 1.165) is 11.1 Å². The highest BCUT2D eigenvalue weighted by atomic mass is 16.6. The molecule has 0 saturated carbocycles. The summed E-state index contributed by atoms with van der Waals surface area (Å²) >= 11 is 0. The van der Waals surface area contributed by atoms with Crippen molar-refractivity contribution in [3.8, 4) is 0 Å². The Morgan fingerprint density at radius 2 is 1.71 bits per heavy atom. The molecule has 34 heavy (non-hydrogen) atoms. The van der Waals surface area contributed by atoms with E-state index in [1.54, 1.807) is 6.20 Å². The Morgan fingerprint density at radius 1 is 1.03 bits per heavy atom. The monoisotopic (exact) mass is 477 g/mol. The maximum Gasteiger partial charge on any atom is 0.303 e. The van der Waals surface area contributed by atoms with Gasteiger partial charge in [0, 0.05) is 20.8 Å². The Balaban J connectivity index is 1.72. The van der Waals surface area contributed by atoms with Crippen LogP contribution in [0.15, 0.2) is 30.5 Å². The van der Waals surface area contributed by atoms with E-state index in [9.17, 15) is 19.5 Å². The summed E-state index contributed by atoms with van der Waals surface area (Å²) in [5, 5.41) is 17.3. The molecule has 3 rings (SSSR count). The Kier molecular flexibility index (Phi) is 8.68. The van der Waals surface area contributed by atoms with Gasteiger partial charge in [0.2, 0.25) is 0 Å². The van der Waals surface area contributed by atoms with Crippen molar-refractivity contribution < 1.29 is 43.2 Å². The fourth-order valence-corrected chi connectivity index (χ4v) is 3.54. The standard InChI is InChI=1S/C22H27N3O9/c1-13(27)32-19-12-31-22(21(34-15(3)29)20(19)33-14(2)28)25-8-18(23-24-25)11-30-10-17-6-4-5-16(7-17)9-26/h4-8,19-22,26H,9-12H2,1-3H3/t19-,20+,21-,22-/m1/s1. The molecule has 12 nitrogen and oxygen atoms in total. The molecule has 0 bridgehead atoms. The van der Waals surface area contributed by atoms with Crippen LogP contribution in [0.5, 0.6) is 0 Å². The summed E-state index contributed by atoms with van der Waals surface area (Å²) in [6, 6.07) is 7.36. The van der Waals surface area contributed by atoms with Crippen molar-refractivity contribution in [1.82, 2.24) is 15.0 Å². The number of esters is 3. The van der Waals surface area contributed by atoms with Crippen molar-refractivity contribution in [2.24, 2.45) is 0 Å². The second kappa shape index (κ2) is 11.7. The molecule has 1 aromatic heterocycles. The van der Waals surface area contributed by atoms with Crippen molar-refractivity contribution in [3.63, 3.8) is 0 Å². The molecule has 0 amide bonds. The van der Waals surface area contributed by atoms with Crippen LogP contribution in [0.1, 0.15) is 43.8 Å². The molecule has 0 radical (unpaired) electrons. The summed E-state index contributed by atoms with van der Waals surface area (Å²) in [4.78, 5) is 34.9. The van der Waals surface area contributed by atoms with Crippen molar-refractivity contribution in [1.29, 1.82) is 0 Å². The van der Waals surface area contributed by atoms with Crippen LogP contribution < -0.4 is 0 Å². The molecule has 0 spiro atoms. The Morgan fingerprint density at radius 3 is 2.38 bits per heavy atom. The molecule has 1 saturated heterocycles. The van der Waals surface area contributed by atoms with E-state index < -0.39 is 42.4 Å². The zero-order valence-electron chi connectivity index (χ0n) is 19.1. The first-order chi connectivity index (χ1) is 16.3. The lowest BCUT2D eigenvalue weighted by atomic mass is 10.0. The predicted octanol–water partition coefficient (Wildman–Crippen LogP) is 0.811. The van der Waals surface area contributed by atoms with Crippen LogP contribution in [0.25, 0.3) is 0 Å². The highest BCUT2D eigenvalue weighted by Gasteiger charge is 2.48. The largest absolute Gasteiger partial charge is 0.456 e. The third kappa shape index (κ3) is 6.83. The van der Waals surface area contributed by atoms with Gasteiger partial charge in [0.1, 0.15) is 5.69 Å². The van der Waals surface area contributed by atoms with Crippen LogP contribution in [-0.2, 0) is 57.9 Å². The van der Waals surface area contributed by atoms with E-state index in [2.05, 4.69) is 10.3 Å². The topological polar surface area (TPSA) is 148 Å². The zero-order valence-corrected chi connectivity index (χ0v) is 19.1. The van der Waals surface area contributed by atoms with Gasteiger partial charge in [0.05, 0.1) is 32.6 Å². The molecule has 1 aliphatic rings. The number of carbonyl (C=O) groups excluding carboxylic acids is 3. The van der Waals surface area contributed by atoms with Gasteiger partial charge >= 0.3 is 17.9 Å². The fourth-order valence-electron chi connectivity index (χ4n) is 3.54. The SMILES string of the molecule is CC(=O)O[C@@H]1[C@@H](OC(C)=O)[C@H](OC(C)=O)CO[C@H]1n1cc(COCc2cccc(CO)c2)nn1. The van der Waals surface area contributed by atoms with Crippen LogP contribution in [0.4, 0.5) is 0 Å². The van der Waals surface area contributed by atoms with Gasteiger partial charge in [-0.15, -0.1) is 5.10 Å². The summed E-state index contributed by atoms with van der Waals surface area (Å²) in [6.45, 7) is 3.87. The summed E-state index contributed by atoms with van der Waals surface area (Å²) in [5.41, 5.74) is 2.16. The van der Waals surface area contributed by atoms with E-state index in [-0.39, 0.29) is 19.8 Å². The first-order valence-corrected chi connectivity index (χ1v) is 10.6. The van der Waals surface area contributed by atoms with Crippen molar-refractivity contribution in [3.05, 3.63) is 47.3 Å². The summed E-state index contributed by atoms with van der Waals surface area (Å²) in [7, 11) is 0. The average molecular weight is 477 g/mol. The molecule has 2 heterocycles. The zero-order chi connectivity index (χ0) is 24.7. The summed E-state index contributed by atoms with van der Waals surface area (Å²) < 4.78 is 28.7. The van der Waals surface area contributed by atoms with E-state index in [0.29, 0.717) is 12.3 Å². The van der Waals surface area contributed by atoms with E-state index in [4.69, 9.17) is 23.7 Å². The average Bonchev–Trinajstić information content (AvgIpc) is 3.24. The lowest BCUT2D eigenvalue weighted by Crippen LogP contribution is -2.55. The Bertz CT molecular complexity index is 1010. The van der Waals surface area contributed by atoms with Crippen LogP contribution >= 0.6 is 0 Å². The molecule has 184 valence electrons. The van der Waals surface area contributed by atoms with Gasteiger partial charge in [-0.25, -0.2) is 4.68 Å². The van der Waals surface area contributed by atoms with E-state index >= 15 is 0 Å². The van der Waals surface area contributed by atoms with Gasteiger partial charge in [-0.2, -0.15) is 0 Å². The molecule has 0 aliphatic carbocycles. The fraction of sp³-hybridized carbons (Fsp3) is 0.500. The van der Waals surface area contributed by atoms with Crippen LogP contribution in [0, 0.1) is 0 Å². The molecule has 1 aliphatic heterocycles. The Hall–Kier alpha value is -3.35. The number of rotatable bonds is 9. The first kappa shape index (κ1) is 25.3. The minimum absolute atomic E-state index is 0.0558. The molecular weight excluding hydrogens is 450 g/mol. The van der Waals surface area contributed by atoms with Crippen molar-refractivity contribution in [2.75, 3.05) is 6.61 Å². The predicted molar refractivity (Wildman–Crippen MR) is 113 cm³/mol. The normalized spacial score (nSPS) is 22.1. The second-order valence-electron chi connectivity index (χ2n) is 7.68. The number of aromatic nitrogens is 3. The summed E-state index contributed by atoms with van der Waals surface area (Å²) in [5.74, 6) is -1.89. The molecular formula is C22H27N3O9. The lowest BCUT2D eigenvalue weighted by molar-refractivity contribution is -0.241. The number of hydrogen-bond acceptors (Lipinski definition) is 11. The molecule has 1 N–H and O–H groups in total. The molecule has 1 aromatic carbocycles. The maximum absolute atomic E-state index is 11.8.